The van der Waals surface area contributed by atoms with E-state index in [0.29, 0.717) is 11.5 Å². The number of carbonyl (C=O) groups excluding carboxylic acids is 2. The number of halogens is 1. The van der Waals surface area contributed by atoms with Gasteiger partial charge in [-0.2, -0.15) is 0 Å². The van der Waals surface area contributed by atoms with Crippen LogP contribution in [-0.2, 0) is 9.59 Å². The van der Waals surface area contributed by atoms with Gasteiger partial charge >= 0.3 is 0 Å². The molecule has 126 valence electrons. The third kappa shape index (κ3) is 5.58. The fourth-order valence-electron chi connectivity index (χ4n) is 1.78. The maximum Gasteiger partial charge on any atom is 0.276 e. The van der Waals surface area contributed by atoms with E-state index in [1.54, 1.807) is 18.2 Å². The number of furan rings is 1. The van der Waals surface area contributed by atoms with E-state index in [0.717, 1.165) is 15.8 Å². The molecule has 0 aliphatic rings. The Labute approximate surface area is 148 Å². The van der Waals surface area contributed by atoms with Gasteiger partial charge in [-0.05, 0) is 65.7 Å². The van der Waals surface area contributed by atoms with Crippen molar-refractivity contribution < 1.29 is 18.7 Å². The quantitative estimate of drug-likeness (QED) is 0.605. The monoisotopic (exact) mass is 392 g/mol. The van der Waals surface area contributed by atoms with Crippen LogP contribution < -0.4 is 15.6 Å². The van der Waals surface area contributed by atoms with Crippen LogP contribution in [0, 0.1) is 13.8 Å². The summed E-state index contributed by atoms with van der Waals surface area (Å²) >= 11 is 3.36. The summed E-state index contributed by atoms with van der Waals surface area (Å²) in [4.78, 5) is 23.3. The highest BCUT2D eigenvalue weighted by Gasteiger charge is 2.06. The van der Waals surface area contributed by atoms with Gasteiger partial charge in [0.2, 0.25) is 0 Å². The summed E-state index contributed by atoms with van der Waals surface area (Å²) in [6.07, 6.45) is 2.77. The van der Waals surface area contributed by atoms with Crippen molar-refractivity contribution in [2.45, 2.75) is 13.8 Å². The molecule has 6 nitrogen and oxygen atoms in total. The van der Waals surface area contributed by atoms with E-state index in [1.807, 2.05) is 26.0 Å². The molecule has 2 amide bonds. The molecule has 0 aliphatic carbocycles. The first-order chi connectivity index (χ1) is 11.4. The Morgan fingerprint density at radius 3 is 2.67 bits per heavy atom. The van der Waals surface area contributed by atoms with E-state index < -0.39 is 11.8 Å². The second-order valence-electron chi connectivity index (χ2n) is 5.04. The number of nitrogens with one attached hydrogen (secondary N) is 2. The van der Waals surface area contributed by atoms with Crippen LogP contribution in [0.2, 0.25) is 0 Å². The Kier molecular flexibility index (Phi) is 6.20. The van der Waals surface area contributed by atoms with E-state index >= 15 is 0 Å². The fourth-order valence-corrected chi connectivity index (χ4v) is 2.38. The largest absolute Gasteiger partial charge is 0.483 e. The van der Waals surface area contributed by atoms with Gasteiger partial charge in [0.15, 0.2) is 6.61 Å². The van der Waals surface area contributed by atoms with Crippen LogP contribution in [0.4, 0.5) is 0 Å². The molecular weight excluding hydrogens is 376 g/mol. The van der Waals surface area contributed by atoms with Gasteiger partial charge in [-0.15, -0.1) is 0 Å². The smallest absolute Gasteiger partial charge is 0.276 e. The Morgan fingerprint density at radius 2 is 2.00 bits per heavy atom. The highest BCUT2D eigenvalue weighted by atomic mass is 79.9. The van der Waals surface area contributed by atoms with Gasteiger partial charge in [-0.1, -0.05) is 6.07 Å². The molecule has 2 rings (SSSR count). The molecule has 0 unspecified atom stereocenters. The Hall–Kier alpha value is -2.54. The molecule has 0 atom stereocenters. The highest BCUT2D eigenvalue weighted by Crippen LogP contribution is 2.25. The first kappa shape index (κ1) is 17.8. The molecule has 7 heteroatoms. The van der Waals surface area contributed by atoms with Crippen molar-refractivity contribution in [1.82, 2.24) is 10.9 Å². The maximum atomic E-state index is 11.7. The van der Waals surface area contributed by atoms with Crippen molar-refractivity contribution in [2.24, 2.45) is 0 Å². The number of benzene rings is 1. The zero-order valence-corrected chi connectivity index (χ0v) is 14.8. The summed E-state index contributed by atoms with van der Waals surface area (Å²) in [5.41, 5.74) is 5.60. The van der Waals surface area contributed by atoms with Gasteiger partial charge in [0, 0.05) is 6.08 Å². The Bertz CT molecular complexity index is 768. The molecule has 1 heterocycles. The molecule has 0 saturated carbocycles. The predicted octanol–water partition coefficient (Wildman–Crippen LogP) is 2.90. The summed E-state index contributed by atoms with van der Waals surface area (Å²) in [7, 11) is 0. The second-order valence-corrected chi connectivity index (χ2v) is 5.90. The van der Waals surface area contributed by atoms with Gasteiger partial charge in [-0.3, -0.25) is 20.4 Å². The SMILES string of the molecule is Cc1ccc(OCC(=O)NNC(=O)C=Cc2ccc(C)o2)c(Br)c1. The lowest BCUT2D eigenvalue weighted by molar-refractivity contribution is -0.128. The topological polar surface area (TPSA) is 80.6 Å². The number of hydrogen-bond acceptors (Lipinski definition) is 4. The molecule has 1 aromatic carbocycles. The summed E-state index contributed by atoms with van der Waals surface area (Å²) in [6, 6.07) is 9.06. The third-order valence-electron chi connectivity index (χ3n) is 2.93. The predicted molar refractivity (Wildman–Crippen MR) is 93.1 cm³/mol. The van der Waals surface area contributed by atoms with E-state index in [9.17, 15) is 9.59 Å². The van der Waals surface area contributed by atoms with Gasteiger partial charge in [-0.25, -0.2) is 0 Å². The van der Waals surface area contributed by atoms with Crippen LogP contribution in [0.25, 0.3) is 6.08 Å². The lowest BCUT2D eigenvalue weighted by Crippen LogP contribution is -2.43. The lowest BCUT2D eigenvalue weighted by atomic mass is 10.2. The van der Waals surface area contributed by atoms with E-state index in [4.69, 9.17) is 9.15 Å². The standard InChI is InChI=1S/C17H17BrN2O4/c1-11-3-7-15(14(18)9-11)23-10-17(22)20-19-16(21)8-6-13-5-4-12(2)24-13/h3-9H,10H2,1-2H3,(H,19,21)(H,20,22). The van der Waals surface area contributed by atoms with Crippen LogP contribution in [0.1, 0.15) is 17.1 Å². The Balaban J connectivity index is 1.74. The first-order valence-corrected chi connectivity index (χ1v) is 7.95. The molecule has 0 spiro atoms. The first-order valence-electron chi connectivity index (χ1n) is 7.16. The fraction of sp³-hybridized carbons (Fsp3) is 0.176. The zero-order chi connectivity index (χ0) is 17.5. The van der Waals surface area contributed by atoms with Gasteiger partial charge in [0.25, 0.3) is 11.8 Å². The number of amides is 2. The number of rotatable bonds is 5. The number of carbonyl (C=O) groups is 2. The second kappa shape index (κ2) is 8.35. The molecule has 2 aromatic rings. The molecule has 0 bridgehead atoms. The summed E-state index contributed by atoms with van der Waals surface area (Å²) in [6.45, 7) is 3.54. The van der Waals surface area contributed by atoms with Crippen molar-refractivity contribution >= 4 is 33.8 Å². The number of hydrogen-bond donors (Lipinski definition) is 2. The van der Waals surface area contributed by atoms with Crippen molar-refractivity contribution in [3.05, 3.63) is 58.0 Å². The van der Waals surface area contributed by atoms with Crippen LogP contribution in [-0.4, -0.2) is 18.4 Å². The van der Waals surface area contributed by atoms with Gasteiger partial charge in [0.1, 0.15) is 17.3 Å². The van der Waals surface area contributed by atoms with Crippen LogP contribution in [0.3, 0.4) is 0 Å². The summed E-state index contributed by atoms with van der Waals surface area (Å²) < 4.78 is 11.4. The molecule has 0 saturated heterocycles. The normalized spacial score (nSPS) is 10.6. The van der Waals surface area contributed by atoms with Gasteiger partial charge in [0.05, 0.1) is 4.47 Å². The van der Waals surface area contributed by atoms with E-state index in [1.165, 1.54) is 12.2 Å². The van der Waals surface area contributed by atoms with Crippen molar-refractivity contribution in [3.63, 3.8) is 0 Å². The minimum atomic E-state index is -0.478. The number of hydrazine groups is 1. The van der Waals surface area contributed by atoms with Crippen molar-refractivity contribution in [3.8, 4) is 5.75 Å². The van der Waals surface area contributed by atoms with Crippen LogP contribution >= 0.6 is 15.9 Å². The minimum absolute atomic E-state index is 0.219. The molecule has 0 fully saturated rings. The molecule has 24 heavy (non-hydrogen) atoms. The number of aryl methyl sites for hydroxylation is 2. The average molecular weight is 393 g/mol. The highest BCUT2D eigenvalue weighted by molar-refractivity contribution is 9.10. The molecule has 2 N–H and O–H groups in total. The van der Waals surface area contributed by atoms with E-state index in [2.05, 4.69) is 26.8 Å². The minimum Gasteiger partial charge on any atom is -0.483 e. The number of ether oxygens (including phenoxy) is 1. The molecule has 0 aliphatic heterocycles. The molecule has 0 radical (unpaired) electrons. The maximum absolute atomic E-state index is 11.7. The molecule has 1 aromatic heterocycles. The molecular formula is C17H17BrN2O4. The zero-order valence-electron chi connectivity index (χ0n) is 13.3. The average Bonchev–Trinajstić information content (AvgIpc) is 2.95. The summed E-state index contributed by atoms with van der Waals surface area (Å²) in [5, 5.41) is 0. The van der Waals surface area contributed by atoms with Crippen LogP contribution in [0.15, 0.2) is 45.3 Å². The lowest BCUT2D eigenvalue weighted by Gasteiger charge is -2.09. The third-order valence-corrected chi connectivity index (χ3v) is 3.55. The Morgan fingerprint density at radius 1 is 1.21 bits per heavy atom. The van der Waals surface area contributed by atoms with Crippen LogP contribution in [0.5, 0.6) is 5.75 Å². The van der Waals surface area contributed by atoms with Gasteiger partial charge < -0.3 is 9.15 Å². The van der Waals surface area contributed by atoms with Crippen molar-refractivity contribution in [2.75, 3.05) is 6.61 Å². The van der Waals surface area contributed by atoms with E-state index in [-0.39, 0.29) is 6.61 Å². The van der Waals surface area contributed by atoms with Crippen molar-refractivity contribution in [1.29, 1.82) is 0 Å². The summed E-state index contributed by atoms with van der Waals surface area (Å²) in [5.74, 6) is 0.909.